The number of nitrogens with one attached hydrogen (secondary N) is 1. The average molecular weight is 296 g/mol. The van der Waals surface area contributed by atoms with Gasteiger partial charge in [0.05, 0.1) is 19.6 Å². The Bertz CT molecular complexity index is 480. The van der Waals surface area contributed by atoms with E-state index in [1.54, 1.807) is 37.1 Å². The summed E-state index contributed by atoms with van der Waals surface area (Å²) in [7, 11) is 1.74. The van der Waals surface area contributed by atoms with Crippen molar-refractivity contribution >= 4 is 11.9 Å². The summed E-state index contributed by atoms with van der Waals surface area (Å²) >= 11 is 0. The first kappa shape index (κ1) is 17.1. The first-order valence-electron chi connectivity index (χ1n) is 6.87. The molecule has 0 fully saturated rings. The summed E-state index contributed by atoms with van der Waals surface area (Å²) in [4.78, 5) is 24.6. The zero-order valence-electron chi connectivity index (χ0n) is 12.4. The summed E-state index contributed by atoms with van der Waals surface area (Å²) in [5.41, 5.74) is 0.444. The number of halogens is 1. The largest absolute Gasteiger partial charge is 0.466 e. The molecule has 0 aliphatic heterocycles. The Morgan fingerprint density at radius 2 is 2.05 bits per heavy atom. The maximum atomic E-state index is 13.4. The van der Waals surface area contributed by atoms with Crippen molar-refractivity contribution in [1.82, 2.24) is 10.2 Å². The summed E-state index contributed by atoms with van der Waals surface area (Å²) < 4.78 is 18.2. The molecule has 0 heterocycles. The maximum absolute atomic E-state index is 13.4. The quantitative estimate of drug-likeness (QED) is 0.735. The predicted molar refractivity (Wildman–Crippen MR) is 77.0 cm³/mol. The zero-order valence-corrected chi connectivity index (χ0v) is 12.4. The molecule has 0 saturated heterocycles. The molecular formula is C15H21FN2O3. The molecule has 5 nitrogen and oxygen atoms in total. The topological polar surface area (TPSA) is 58.6 Å². The number of rotatable bonds is 8. The average Bonchev–Trinajstić information content (AvgIpc) is 2.44. The fraction of sp³-hybridized carbons (Fsp3) is 0.467. The van der Waals surface area contributed by atoms with Gasteiger partial charge < -0.3 is 10.1 Å². The van der Waals surface area contributed by atoms with Gasteiger partial charge in [-0.1, -0.05) is 18.2 Å². The van der Waals surface area contributed by atoms with E-state index in [2.05, 4.69) is 5.32 Å². The van der Waals surface area contributed by atoms with E-state index in [1.807, 2.05) is 0 Å². The molecule has 1 N–H and O–H groups in total. The van der Waals surface area contributed by atoms with Gasteiger partial charge >= 0.3 is 5.97 Å². The zero-order chi connectivity index (χ0) is 15.7. The normalized spacial score (nSPS) is 10.5. The van der Waals surface area contributed by atoms with E-state index in [1.165, 1.54) is 6.07 Å². The van der Waals surface area contributed by atoms with E-state index >= 15 is 0 Å². The predicted octanol–water partition coefficient (Wildman–Crippen LogP) is 1.33. The van der Waals surface area contributed by atoms with Crippen LogP contribution in [0, 0.1) is 5.82 Å². The van der Waals surface area contributed by atoms with E-state index < -0.39 is 0 Å². The maximum Gasteiger partial charge on any atom is 0.307 e. The number of likely N-dealkylation sites (N-methyl/N-ethyl adjacent to an activating group) is 1. The van der Waals surface area contributed by atoms with Crippen LogP contribution in [0.25, 0.3) is 0 Å². The van der Waals surface area contributed by atoms with Crippen molar-refractivity contribution in [3.05, 3.63) is 35.6 Å². The highest BCUT2D eigenvalue weighted by atomic mass is 19.1. The number of esters is 1. The molecule has 0 spiro atoms. The van der Waals surface area contributed by atoms with Crippen LogP contribution in [0.15, 0.2) is 24.3 Å². The summed E-state index contributed by atoms with van der Waals surface area (Å²) in [6.45, 7) is 2.83. The highest BCUT2D eigenvalue weighted by molar-refractivity contribution is 5.78. The SMILES string of the molecule is CCOC(=O)CCN(C)CC(=O)NCc1ccccc1F. The number of carbonyl (C=O) groups is 2. The third kappa shape index (κ3) is 6.85. The van der Waals surface area contributed by atoms with Crippen LogP contribution in [-0.4, -0.2) is 43.5 Å². The number of hydrogen-bond acceptors (Lipinski definition) is 4. The second kappa shape index (κ2) is 9.07. The molecule has 0 aromatic heterocycles. The van der Waals surface area contributed by atoms with Crippen LogP contribution in [0.2, 0.25) is 0 Å². The third-order valence-corrected chi connectivity index (χ3v) is 2.85. The van der Waals surface area contributed by atoms with E-state index in [-0.39, 0.29) is 37.2 Å². The third-order valence-electron chi connectivity index (χ3n) is 2.85. The van der Waals surface area contributed by atoms with Gasteiger partial charge in [-0.05, 0) is 20.0 Å². The highest BCUT2D eigenvalue weighted by Crippen LogP contribution is 2.05. The molecule has 116 valence electrons. The van der Waals surface area contributed by atoms with Crippen molar-refractivity contribution in [3.8, 4) is 0 Å². The van der Waals surface area contributed by atoms with Gasteiger partial charge in [-0.15, -0.1) is 0 Å². The minimum atomic E-state index is -0.339. The Morgan fingerprint density at radius 3 is 2.71 bits per heavy atom. The van der Waals surface area contributed by atoms with Gasteiger partial charge in [0, 0.05) is 18.7 Å². The Balaban J connectivity index is 2.27. The van der Waals surface area contributed by atoms with E-state index in [0.29, 0.717) is 18.7 Å². The van der Waals surface area contributed by atoms with Crippen molar-refractivity contribution in [2.75, 3.05) is 26.7 Å². The van der Waals surface area contributed by atoms with Crippen LogP contribution in [0.3, 0.4) is 0 Å². The Hall–Kier alpha value is -1.95. The second-order valence-electron chi connectivity index (χ2n) is 4.66. The lowest BCUT2D eigenvalue weighted by molar-refractivity contribution is -0.143. The van der Waals surface area contributed by atoms with Gasteiger partial charge in [-0.3, -0.25) is 14.5 Å². The molecule has 0 atom stereocenters. The number of amides is 1. The fourth-order valence-electron chi connectivity index (χ4n) is 1.73. The van der Waals surface area contributed by atoms with Crippen LogP contribution in [0.5, 0.6) is 0 Å². The molecule has 0 aliphatic rings. The van der Waals surface area contributed by atoms with Crippen LogP contribution >= 0.6 is 0 Å². The first-order valence-corrected chi connectivity index (χ1v) is 6.87. The van der Waals surface area contributed by atoms with E-state index in [4.69, 9.17) is 4.74 Å². The molecule has 0 bridgehead atoms. The monoisotopic (exact) mass is 296 g/mol. The van der Waals surface area contributed by atoms with E-state index in [0.717, 1.165) is 0 Å². The number of carbonyl (C=O) groups excluding carboxylic acids is 2. The minimum Gasteiger partial charge on any atom is -0.466 e. The Morgan fingerprint density at radius 1 is 1.33 bits per heavy atom. The van der Waals surface area contributed by atoms with Gasteiger partial charge in [-0.2, -0.15) is 0 Å². The molecule has 1 amide bonds. The van der Waals surface area contributed by atoms with Crippen LogP contribution < -0.4 is 5.32 Å². The fourth-order valence-corrected chi connectivity index (χ4v) is 1.73. The lowest BCUT2D eigenvalue weighted by Crippen LogP contribution is -2.36. The van der Waals surface area contributed by atoms with Gasteiger partial charge in [0.1, 0.15) is 5.82 Å². The molecule has 1 aromatic carbocycles. The summed E-state index contributed by atoms with van der Waals surface area (Å²) in [6.07, 6.45) is 0.241. The van der Waals surface area contributed by atoms with Gasteiger partial charge in [0.25, 0.3) is 0 Å². The number of nitrogens with zero attached hydrogens (tertiary/aromatic N) is 1. The highest BCUT2D eigenvalue weighted by Gasteiger charge is 2.10. The first-order chi connectivity index (χ1) is 10.0. The van der Waals surface area contributed by atoms with Gasteiger partial charge in [-0.25, -0.2) is 4.39 Å². The van der Waals surface area contributed by atoms with Crippen LogP contribution in [0.1, 0.15) is 18.9 Å². The molecule has 21 heavy (non-hydrogen) atoms. The molecule has 0 aliphatic carbocycles. The molecule has 0 saturated carbocycles. The lowest BCUT2D eigenvalue weighted by Gasteiger charge is -2.15. The summed E-state index contributed by atoms with van der Waals surface area (Å²) in [6, 6.07) is 6.30. The summed E-state index contributed by atoms with van der Waals surface area (Å²) in [5.74, 6) is -0.839. The van der Waals surface area contributed by atoms with Crippen molar-refractivity contribution in [3.63, 3.8) is 0 Å². The molecule has 1 rings (SSSR count). The number of hydrogen-bond donors (Lipinski definition) is 1. The second-order valence-corrected chi connectivity index (χ2v) is 4.66. The molecule has 0 unspecified atom stereocenters. The lowest BCUT2D eigenvalue weighted by atomic mass is 10.2. The smallest absolute Gasteiger partial charge is 0.307 e. The number of ether oxygens (including phenoxy) is 1. The van der Waals surface area contributed by atoms with Gasteiger partial charge in [0.2, 0.25) is 5.91 Å². The van der Waals surface area contributed by atoms with Gasteiger partial charge in [0.15, 0.2) is 0 Å². The Labute approximate surface area is 124 Å². The van der Waals surface area contributed by atoms with Crippen molar-refractivity contribution in [2.24, 2.45) is 0 Å². The van der Waals surface area contributed by atoms with Crippen molar-refractivity contribution in [1.29, 1.82) is 0 Å². The molecular weight excluding hydrogens is 275 g/mol. The standard InChI is InChI=1S/C15H21FN2O3/c1-3-21-15(20)8-9-18(2)11-14(19)17-10-12-6-4-5-7-13(12)16/h4-7H,3,8-11H2,1-2H3,(H,17,19). The van der Waals surface area contributed by atoms with Crippen molar-refractivity contribution < 1.29 is 18.7 Å². The van der Waals surface area contributed by atoms with Crippen molar-refractivity contribution in [2.45, 2.75) is 19.9 Å². The van der Waals surface area contributed by atoms with Crippen LogP contribution in [0.4, 0.5) is 4.39 Å². The summed E-state index contributed by atoms with van der Waals surface area (Å²) in [5, 5.41) is 2.65. The van der Waals surface area contributed by atoms with Crippen LogP contribution in [-0.2, 0) is 20.9 Å². The molecule has 1 aromatic rings. The Kier molecular flexibility index (Phi) is 7.39. The minimum absolute atomic E-state index is 0.147. The van der Waals surface area contributed by atoms with E-state index in [9.17, 15) is 14.0 Å². The number of benzene rings is 1. The molecule has 6 heteroatoms. The molecule has 0 radical (unpaired) electrons.